The van der Waals surface area contributed by atoms with Crippen LogP contribution in [-0.2, 0) is 10.3 Å². The number of urea groups is 1. The molecule has 1 heterocycles. The van der Waals surface area contributed by atoms with Crippen LogP contribution in [0, 0.1) is 11.3 Å². The van der Waals surface area contributed by atoms with E-state index in [1.807, 2.05) is 48.5 Å². The van der Waals surface area contributed by atoms with Gasteiger partial charge in [0.2, 0.25) is 0 Å². The third-order valence-corrected chi connectivity index (χ3v) is 4.05. The largest absolute Gasteiger partial charge is 0.325 e. The molecule has 1 unspecified atom stereocenters. The van der Waals surface area contributed by atoms with Gasteiger partial charge in [0.15, 0.2) is 0 Å². The smallest absolute Gasteiger partial charge is 0.319 e. The van der Waals surface area contributed by atoms with Gasteiger partial charge in [0.1, 0.15) is 5.54 Å². The van der Waals surface area contributed by atoms with Crippen molar-refractivity contribution < 1.29 is 9.59 Å². The van der Waals surface area contributed by atoms with Gasteiger partial charge in [-0.3, -0.25) is 9.69 Å². The van der Waals surface area contributed by atoms with Crippen LogP contribution in [0.5, 0.6) is 0 Å². The Balaban J connectivity index is 2.08. The fraction of sp³-hybridized carbons (Fsp3) is 0.235. The summed E-state index contributed by atoms with van der Waals surface area (Å²) < 4.78 is 0. The fourth-order valence-electron chi connectivity index (χ4n) is 2.91. The number of benzene rings is 2. The molecule has 0 radical (unpaired) electrons. The Morgan fingerprint density at radius 3 is 2.68 bits per heavy atom. The fourth-order valence-corrected chi connectivity index (χ4v) is 2.91. The van der Waals surface area contributed by atoms with E-state index in [4.69, 9.17) is 5.26 Å². The van der Waals surface area contributed by atoms with E-state index >= 15 is 0 Å². The van der Waals surface area contributed by atoms with E-state index in [2.05, 4.69) is 5.32 Å². The van der Waals surface area contributed by atoms with E-state index in [1.165, 1.54) is 0 Å². The normalized spacial score (nSPS) is 21.0. The first-order chi connectivity index (χ1) is 10.6. The molecule has 0 saturated carbocycles. The highest BCUT2D eigenvalue weighted by molar-refractivity contribution is 6.09. The molecule has 0 aromatic heterocycles. The lowest BCUT2D eigenvalue weighted by atomic mass is 9.88. The Labute approximate surface area is 128 Å². The van der Waals surface area contributed by atoms with Crippen molar-refractivity contribution in [2.75, 3.05) is 6.54 Å². The highest BCUT2D eigenvalue weighted by Gasteiger charge is 2.49. The van der Waals surface area contributed by atoms with Crippen molar-refractivity contribution in [3.05, 3.63) is 48.0 Å². The lowest BCUT2D eigenvalue weighted by molar-refractivity contribution is -0.131. The minimum atomic E-state index is -1.10. The molecule has 5 nitrogen and oxygen atoms in total. The van der Waals surface area contributed by atoms with Gasteiger partial charge in [-0.05, 0) is 23.3 Å². The molecule has 1 fully saturated rings. The highest BCUT2D eigenvalue weighted by atomic mass is 16.2. The number of hydrogen-bond donors (Lipinski definition) is 1. The summed E-state index contributed by atoms with van der Waals surface area (Å²) in [6, 6.07) is 15.0. The second-order valence-electron chi connectivity index (χ2n) is 5.45. The van der Waals surface area contributed by atoms with Gasteiger partial charge >= 0.3 is 6.03 Å². The second-order valence-corrected chi connectivity index (χ2v) is 5.45. The summed E-state index contributed by atoms with van der Waals surface area (Å²) in [6.45, 7) is 1.82. The lowest BCUT2D eigenvalue weighted by Crippen LogP contribution is -2.41. The van der Waals surface area contributed by atoms with Gasteiger partial charge in [-0.1, -0.05) is 42.5 Å². The molecule has 3 amide bonds. The Morgan fingerprint density at radius 1 is 1.18 bits per heavy atom. The Hall–Kier alpha value is -2.87. The molecule has 22 heavy (non-hydrogen) atoms. The molecule has 5 heteroatoms. The zero-order valence-corrected chi connectivity index (χ0v) is 12.2. The number of nitrogens with zero attached hydrogens (tertiary/aromatic N) is 2. The number of nitrogens with one attached hydrogen (secondary N) is 1. The molecule has 0 bridgehead atoms. The maximum Gasteiger partial charge on any atom is 0.325 e. The number of amides is 3. The summed E-state index contributed by atoms with van der Waals surface area (Å²) in [5.41, 5.74) is -0.337. The van der Waals surface area contributed by atoms with Gasteiger partial charge in [0.25, 0.3) is 5.91 Å². The molecule has 1 saturated heterocycles. The molecule has 2 aromatic carbocycles. The quantitative estimate of drug-likeness (QED) is 0.884. The Kier molecular flexibility index (Phi) is 3.30. The van der Waals surface area contributed by atoms with Crippen LogP contribution in [0.1, 0.15) is 18.9 Å². The maximum absolute atomic E-state index is 12.7. The predicted molar refractivity (Wildman–Crippen MR) is 81.8 cm³/mol. The molecular weight excluding hydrogens is 278 g/mol. The Bertz CT molecular complexity index is 804. The van der Waals surface area contributed by atoms with Crippen LogP contribution < -0.4 is 5.32 Å². The molecule has 1 N–H and O–H groups in total. The highest BCUT2D eigenvalue weighted by Crippen LogP contribution is 2.33. The van der Waals surface area contributed by atoms with Gasteiger partial charge < -0.3 is 5.32 Å². The second kappa shape index (κ2) is 5.15. The van der Waals surface area contributed by atoms with E-state index in [-0.39, 0.29) is 18.9 Å². The topological polar surface area (TPSA) is 73.2 Å². The maximum atomic E-state index is 12.7. The van der Waals surface area contributed by atoms with E-state index in [0.717, 1.165) is 21.2 Å². The van der Waals surface area contributed by atoms with E-state index in [9.17, 15) is 9.59 Å². The van der Waals surface area contributed by atoms with Gasteiger partial charge in [-0.15, -0.1) is 0 Å². The molecular formula is C17H15N3O2. The van der Waals surface area contributed by atoms with Crippen LogP contribution in [0.3, 0.4) is 0 Å². The summed E-state index contributed by atoms with van der Waals surface area (Å²) in [4.78, 5) is 25.9. The van der Waals surface area contributed by atoms with Crippen molar-refractivity contribution in [2.24, 2.45) is 0 Å². The first-order valence-electron chi connectivity index (χ1n) is 7.07. The average molecular weight is 293 g/mol. The number of nitriles is 1. The summed E-state index contributed by atoms with van der Waals surface area (Å²) in [5.74, 6) is -0.316. The molecule has 110 valence electrons. The van der Waals surface area contributed by atoms with Crippen LogP contribution in [0.4, 0.5) is 4.79 Å². The molecule has 3 rings (SSSR count). The standard InChI is InChI=1S/C17H15N3O2/c1-17(15(21)20(11-5-10-18)16(22)19-17)14-9-4-7-12-6-2-3-8-13(12)14/h2-4,6-9H,5,11H2,1H3,(H,19,22). The monoisotopic (exact) mass is 293 g/mol. The third kappa shape index (κ3) is 2.01. The minimum Gasteiger partial charge on any atom is -0.319 e. The zero-order valence-electron chi connectivity index (χ0n) is 12.2. The van der Waals surface area contributed by atoms with E-state index < -0.39 is 11.6 Å². The van der Waals surface area contributed by atoms with Gasteiger partial charge in [-0.2, -0.15) is 5.26 Å². The predicted octanol–water partition coefficient (Wildman–Crippen LogP) is 2.52. The molecule has 2 aromatic rings. The first-order valence-corrected chi connectivity index (χ1v) is 7.07. The van der Waals surface area contributed by atoms with Crippen molar-refractivity contribution in [1.29, 1.82) is 5.26 Å². The van der Waals surface area contributed by atoms with Gasteiger partial charge in [0, 0.05) is 6.54 Å². The molecule has 0 aliphatic carbocycles. The summed E-state index contributed by atoms with van der Waals surface area (Å²) in [5, 5.41) is 13.4. The van der Waals surface area contributed by atoms with Gasteiger partial charge in [-0.25, -0.2) is 4.79 Å². The van der Waals surface area contributed by atoms with Crippen LogP contribution >= 0.6 is 0 Å². The molecule has 0 spiro atoms. The molecule has 1 atom stereocenters. The summed E-state index contributed by atoms with van der Waals surface area (Å²) in [6.07, 6.45) is 0.130. The third-order valence-electron chi connectivity index (χ3n) is 4.05. The summed E-state index contributed by atoms with van der Waals surface area (Å²) >= 11 is 0. The number of fused-ring (bicyclic) bond motifs is 1. The van der Waals surface area contributed by atoms with Crippen LogP contribution in [0.25, 0.3) is 10.8 Å². The first kappa shape index (κ1) is 14.1. The molecule has 1 aliphatic rings. The van der Waals surface area contributed by atoms with Crippen molar-refractivity contribution in [2.45, 2.75) is 18.9 Å². The van der Waals surface area contributed by atoms with Gasteiger partial charge in [0.05, 0.1) is 12.5 Å². The van der Waals surface area contributed by atoms with Crippen molar-refractivity contribution in [3.63, 3.8) is 0 Å². The number of hydrogen-bond acceptors (Lipinski definition) is 3. The number of rotatable bonds is 3. The number of carbonyl (C=O) groups is 2. The number of imide groups is 1. The number of carbonyl (C=O) groups excluding carboxylic acids is 2. The van der Waals surface area contributed by atoms with Crippen LogP contribution in [-0.4, -0.2) is 23.4 Å². The van der Waals surface area contributed by atoms with Crippen molar-refractivity contribution in [1.82, 2.24) is 10.2 Å². The van der Waals surface area contributed by atoms with E-state index in [1.54, 1.807) is 6.92 Å². The van der Waals surface area contributed by atoms with Crippen molar-refractivity contribution >= 4 is 22.7 Å². The summed E-state index contributed by atoms with van der Waals surface area (Å²) in [7, 11) is 0. The Morgan fingerprint density at radius 2 is 1.91 bits per heavy atom. The SMILES string of the molecule is CC1(c2cccc3ccccc23)NC(=O)N(CCC#N)C1=O. The van der Waals surface area contributed by atoms with E-state index in [0.29, 0.717) is 0 Å². The van der Waals surface area contributed by atoms with Crippen molar-refractivity contribution in [3.8, 4) is 6.07 Å². The van der Waals surface area contributed by atoms with Crippen LogP contribution in [0.2, 0.25) is 0 Å². The lowest BCUT2D eigenvalue weighted by Gasteiger charge is -2.23. The molecule has 1 aliphatic heterocycles. The minimum absolute atomic E-state index is 0.113. The van der Waals surface area contributed by atoms with Crippen LogP contribution in [0.15, 0.2) is 42.5 Å². The zero-order chi connectivity index (χ0) is 15.7. The average Bonchev–Trinajstić information content (AvgIpc) is 2.75.